The van der Waals surface area contributed by atoms with Crippen molar-refractivity contribution in [3.8, 4) is 0 Å². The number of nitrogens with zero attached hydrogens (tertiary/aromatic N) is 2. The number of amides is 2. The quantitative estimate of drug-likeness (QED) is 0.370. The Morgan fingerprint density at radius 1 is 1.05 bits per heavy atom. The molecule has 1 saturated carbocycles. The van der Waals surface area contributed by atoms with Crippen LogP contribution in [0.1, 0.15) is 51.0 Å². The summed E-state index contributed by atoms with van der Waals surface area (Å²) in [7, 11) is -3.99. The number of carbonyl (C=O) groups is 2. The van der Waals surface area contributed by atoms with Crippen molar-refractivity contribution in [2.45, 2.75) is 64.1 Å². The number of rotatable bonds is 10. The number of benzene rings is 2. The van der Waals surface area contributed by atoms with E-state index in [9.17, 15) is 22.4 Å². The Labute approximate surface area is 238 Å². The second-order valence-corrected chi connectivity index (χ2v) is 12.5. The molecule has 208 valence electrons. The molecule has 1 N–H and O–H groups in total. The third-order valence-corrected chi connectivity index (χ3v) is 8.74. The van der Waals surface area contributed by atoms with Crippen LogP contribution < -0.4 is 9.62 Å². The lowest BCUT2D eigenvalue weighted by atomic mass is 9.95. The fourth-order valence-electron chi connectivity index (χ4n) is 4.57. The van der Waals surface area contributed by atoms with E-state index in [1.807, 2.05) is 0 Å². The topological polar surface area (TPSA) is 86.8 Å². The van der Waals surface area contributed by atoms with Crippen LogP contribution in [0.25, 0.3) is 0 Å². The number of carbonyl (C=O) groups excluding carboxylic acids is 2. The summed E-state index contributed by atoms with van der Waals surface area (Å²) < 4.78 is 40.0. The number of anilines is 1. The fourth-order valence-corrected chi connectivity index (χ4v) is 6.10. The smallest absolute Gasteiger partial charge is 0.244 e. The first-order chi connectivity index (χ1) is 17.9. The highest BCUT2D eigenvalue weighted by molar-refractivity contribution is 7.92. The summed E-state index contributed by atoms with van der Waals surface area (Å²) in [5, 5.41) is 3.39. The number of sulfonamides is 1. The Hall–Kier alpha value is -2.07. The molecule has 0 aromatic heterocycles. The largest absolute Gasteiger partial charge is 0.352 e. The Balaban J connectivity index is 1.97. The van der Waals surface area contributed by atoms with Crippen LogP contribution in [0.15, 0.2) is 36.4 Å². The van der Waals surface area contributed by atoms with Crippen LogP contribution in [-0.2, 0) is 26.2 Å². The normalized spacial score (nSPS) is 15.1. The lowest BCUT2D eigenvalue weighted by Crippen LogP contribution is -2.54. The summed E-state index contributed by atoms with van der Waals surface area (Å²) in [6, 6.07) is 7.39. The molecule has 0 radical (unpaired) electrons. The molecule has 0 unspecified atom stereocenters. The highest BCUT2D eigenvalue weighted by atomic mass is 35.5. The van der Waals surface area contributed by atoms with E-state index in [1.54, 1.807) is 25.1 Å². The van der Waals surface area contributed by atoms with E-state index in [-0.39, 0.29) is 35.6 Å². The van der Waals surface area contributed by atoms with Gasteiger partial charge in [0.15, 0.2) is 0 Å². The van der Waals surface area contributed by atoms with E-state index in [4.69, 9.17) is 34.8 Å². The first kappa shape index (κ1) is 30.5. The monoisotopic (exact) mass is 605 g/mol. The molecular weight excluding hydrogens is 576 g/mol. The minimum atomic E-state index is -3.99. The molecule has 2 aromatic carbocycles. The first-order valence-corrected chi connectivity index (χ1v) is 15.4. The molecule has 1 aliphatic carbocycles. The van der Waals surface area contributed by atoms with Gasteiger partial charge in [0.05, 0.1) is 17.0 Å². The molecule has 1 fully saturated rings. The van der Waals surface area contributed by atoms with Crippen molar-refractivity contribution in [1.82, 2.24) is 10.2 Å². The van der Waals surface area contributed by atoms with Gasteiger partial charge in [-0.3, -0.25) is 13.9 Å². The van der Waals surface area contributed by atoms with Gasteiger partial charge in [-0.15, -0.1) is 0 Å². The van der Waals surface area contributed by atoms with E-state index >= 15 is 0 Å². The Morgan fingerprint density at radius 2 is 1.68 bits per heavy atom. The summed E-state index contributed by atoms with van der Waals surface area (Å²) >= 11 is 18.7. The van der Waals surface area contributed by atoms with Crippen LogP contribution >= 0.6 is 34.8 Å². The van der Waals surface area contributed by atoms with Gasteiger partial charge in [0.25, 0.3) is 0 Å². The third-order valence-electron chi connectivity index (χ3n) is 6.60. The Bertz CT molecular complexity index is 1250. The third kappa shape index (κ3) is 7.74. The lowest BCUT2D eigenvalue weighted by Gasteiger charge is -2.34. The number of hydrogen-bond acceptors (Lipinski definition) is 4. The SMILES string of the molecule is CC[C@@H](C(=O)NC1CCCCC1)N(Cc1c(Cl)cccc1Cl)C(=O)CN(c1ccc(F)c(Cl)c1)S(C)(=O)=O. The predicted octanol–water partition coefficient (Wildman–Crippen LogP) is 5.81. The maximum atomic E-state index is 13.8. The first-order valence-electron chi connectivity index (χ1n) is 12.4. The second kappa shape index (κ2) is 13.3. The highest BCUT2D eigenvalue weighted by Crippen LogP contribution is 2.29. The molecule has 7 nitrogen and oxygen atoms in total. The molecule has 2 amide bonds. The van der Waals surface area contributed by atoms with Crippen molar-refractivity contribution in [2.24, 2.45) is 0 Å². The van der Waals surface area contributed by atoms with Gasteiger partial charge in [0, 0.05) is 28.2 Å². The van der Waals surface area contributed by atoms with E-state index in [0.717, 1.165) is 54.8 Å². The van der Waals surface area contributed by atoms with Gasteiger partial charge in [-0.25, -0.2) is 12.8 Å². The molecule has 0 spiro atoms. The summed E-state index contributed by atoms with van der Waals surface area (Å²) in [6.07, 6.45) is 6.08. The molecule has 1 atom stereocenters. The number of hydrogen-bond donors (Lipinski definition) is 1. The maximum Gasteiger partial charge on any atom is 0.244 e. The van der Waals surface area contributed by atoms with Crippen molar-refractivity contribution in [3.05, 3.63) is 62.8 Å². The predicted molar refractivity (Wildman–Crippen MR) is 150 cm³/mol. The van der Waals surface area contributed by atoms with E-state index in [1.165, 1.54) is 11.0 Å². The minimum Gasteiger partial charge on any atom is -0.352 e. The molecule has 3 rings (SSSR count). The van der Waals surface area contributed by atoms with Crippen molar-refractivity contribution < 1.29 is 22.4 Å². The van der Waals surface area contributed by atoms with Crippen molar-refractivity contribution in [2.75, 3.05) is 17.1 Å². The van der Waals surface area contributed by atoms with Gasteiger partial charge in [0.1, 0.15) is 18.4 Å². The maximum absolute atomic E-state index is 13.8. The van der Waals surface area contributed by atoms with E-state index < -0.39 is 34.3 Å². The summed E-state index contributed by atoms with van der Waals surface area (Å²) in [6.45, 7) is 1.01. The second-order valence-electron chi connectivity index (χ2n) is 9.36. The van der Waals surface area contributed by atoms with Gasteiger partial charge < -0.3 is 10.2 Å². The molecule has 1 aliphatic rings. The molecule has 0 aliphatic heterocycles. The lowest BCUT2D eigenvalue weighted by molar-refractivity contribution is -0.140. The van der Waals surface area contributed by atoms with Gasteiger partial charge in [0.2, 0.25) is 21.8 Å². The number of nitrogens with one attached hydrogen (secondary N) is 1. The van der Waals surface area contributed by atoms with Crippen molar-refractivity contribution in [1.29, 1.82) is 0 Å². The number of halogens is 4. The van der Waals surface area contributed by atoms with Gasteiger partial charge >= 0.3 is 0 Å². The molecule has 12 heteroatoms. The van der Waals surface area contributed by atoms with Crippen LogP contribution in [0.5, 0.6) is 0 Å². The van der Waals surface area contributed by atoms with Gasteiger partial charge in [-0.05, 0) is 49.6 Å². The average molecular weight is 607 g/mol. The zero-order chi connectivity index (χ0) is 28.0. The summed E-state index contributed by atoms with van der Waals surface area (Å²) in [5.74, 6) is -1.71. The van der Waals surface area contributed by atoms with Crippen molar-refractivity contribution in [3.63, 3.8) is 0 Å². The van der Waals surface area contributed by atoms with Gasteiger partial charge in [-0.1, -0.05) is 67.1 Å². The Kier molecular flexibility index (Phi) is 10.7. The van der Waals surface area contributed by atoms with E-state index in [0.29, 0.717) is 15.6 Å². The molecule has 0 heterocycles. The average Bonchev–Trinajstić information content (AvgIpc) is 2.85. The molecular formula is C26H31Cl3FN3O4S. The molecule has 0 bridgehead atoms. The molecule has 2 aromatic rings. The van der Waals surface area contributed by atoms with Crippen LogP contribution in [0.4, 0.5) is 10.1 Å². The standard InChI is InChI=1S/C26H31Cl3FN3O4S/c1-3-24(26(35)31-17-8-5-4-6-9-17)32(15-19-20(27)10-7-11-21(19)28)25(34)16-33(38(2,36)37)18-12-13-23(30)22(29)14-18/h7,10-14,17,24H,3-6,8-9,15-16H2,1-2H3,(H,31,35)/t24-/m0/s1. The Morgan fingerprint density at radius 3 is 2.24 bits per heavy atom. The molecule has 38 heavy (non-hydrogen) atoms. The summed E-state index contributed by atoms with van der Waals surface area (Å²) in [5.41, 5.74) is 0.450. The van der Waals surface area contributed by atoms with Crippen molar-refractivity contribution >= 4 is 62.3 Å². The van der Waals surface area contributed by atoms with Crippen LogP contribution in [-0.4, -0.2) is 50.0 Å². The molecule has 0 saturated heterocycles. The van der Waals surface area contributed by atoms with Gasteiger partial charge in [-0.2, -0.15) is 0 Å². The van der Waals surface area contributed by atoms with Crippen LogP contribution in [0, 0.1) is 5.82 Å². The van der Waals surface area contributed by atoms with E-state index in [2.05, 4.69) is 5.32 Å². The van der Waals surface area contributed by atoms with Crippen LogP contribution in [0.2, 0.25) is 15.1 Å². The fraction of sp³-hybridized carbons (Fsp3) is 0.462. The van der Waals surface area contributed by atoms with Crippen LogP contribution in [0.3, 0.4) is 0 Å². The minimum absolute atomic E-state index is 0.0139. The summed E-state index contributed by atoms with van der Waals surface area (Å²) in [4.78, 5) is 28.5. The zero-order valence-electron chi connectivity index (χ0n) is 21.2. The highest BCUT2D eigenvalue weighted by Gasteiger charge is 2.33. The zero-order valence-corrected chi connectivity index (χ0v) is 24.3.